The smallest absolute Gasteiger partial charge is 0.146 e. The first-order chi connectivity index (χ1) is 8.72. The van der Waals surface area contributed by atoms with E-state index in [1.807, 2.05) is 36.2 Å². The monoisotopic (exact) mass is 307 g/mol. The predicted octanol–water partition coefficient (Wildman–Crippen LogP) is 2.88. The number of aromatic nitrogens is 2. The van der Waals surface area contributed by atoms with E-state index in [9.17, 15) is 0 Å². The number of nitrogens with zero attached hydrogens (tertiary/aromatic N) is 3. The second-order valence-corrected chi connectivity index (χ2v) is 4.72. The standard InChI is InChI=1S/C13H14BrN3O/c1-17(13-11(14)7-15-9-16-13)8-10-5-3-4-6-12(10)18-2/h3-7,9H,8H2,1-2H3. The van der Waals surface area contributed by atoms with E-state index in [1.165, 1.54) is 0 Å². The molecule has 0 unspecified atom stereocenters. The van der Waals surface area contributed by atoms with Crippen molar-refractivity contribution in [3.63, 3.8) is 0 Å². The maximum Gasteiger partial charge on any atom is 0.146 e. The SMILES string of the molecule is COc1ccccc1CN(C)c1ncncc1Br. The van der Waals surface area contributed by atoms with Gasteiger partial charge in [0.15, 0.2) is 0 Å². The molecular weight excluding hydrogens is 294 g/mol. The van der Waals surface area contributed by atoms with Crippen LogP contribution in [0.4, 0.5) is 5.82 Å². The number of benzene rings is 1. The van der Waals surface area contributed by atoms with Crippen LogP contribution in [0.25, 0.3) is 0 Å². The minimum absolute atomic E-state index is 0.722. The summed E-state index contributed by atoms with van der Waals surface area (Å²) in [5, 5.41) is 0. The number of anilines is 1. The van der Waals surface area contributed by atoms with Crippen molar-refractivity contribution in [3.05, 3.63) is 46.8 Å². The average Bonchev–Trinajstić information content (AvgIpc) is 2.39. The highest BCUT2D eigenvalue weighted by Crippen LogP contribution is 2.25. The molecule has 2 aromatic rings. The van der Waals surface area contributed by atoms with E-state index >= 15 is 0 Å². The molecule has 0 fully saturated rings. The van der Waals surface area contributed by atoms with Gasteiger partial charge in [0, 0.05) is 25.4 Å². The summed E-state index contributed by atoms with van der Waals surface area (Å²) in [5.41, 5.74) is 1.12. The second kappa shape index (κ2) is 5.82. The fourth-order valence-electron chi connectivity index (χ4n) is 1.75. The Balaban J connectivity index is 2.21. The van der Waals surface area contributed by atoms with E-state index in [4.69, 9.17) is 4.74 Å². The summed E-state index contributed by atoms with van der Waals surface area (Å²) in [6.45, 7) is 0.722. The van der Waals surface area contributed by atoms with Crippen molar-refractivity contribution in [2.75, 3.05) is 19.1 Å². The van der Waals surface area contributed by atoms with Crippen LogP contribution in [0.5, 0.6) is 5.75 Å². The van der Waals surface area contributed by atoms with Gasteiger partial charge in [-0.1, -0.05) is 18.2 Å². The molecule has 1 aromatic carbocycles. The second-order valence-electron chi connectivity index (χ2n) is 3.86. The summed E-state index contributed by atoms with van der Waals surface area (Å²) in [6, 6.07) is 7.96. The number of methoxy groups -OCH3 is 1. The highest BCUT2D eigenvalue weighted by molar-refractivity contribution is 9.10. The van der Waals surface area contributed by atoms with Crippen molar-refractivity contribution in [1.82, 2.24) is 9.97 Å². The molecule has 0 saturated heterocycles. The van der Waals surface area contributed by atoms with Crippen molar-refractivity contribution >= 4 is 21.7 Å². The molecule has 5 heteroatoms. The third-order valence-electron chi connectivity index (χ3n) is 2.61. The fourth-order valence-corrected chi connectivity index (χ4v) is 2.27. The Labute approximate surface area is 115 Å². The first-order valence-corrected chi connectivity index (χ1v) is 6.30. The molecule has 0 radical (unpaired) electrons. The Hall–Kier alpha value is -1.62. The summed E-state index contributed by atoms with van der Waals surface area (Å²) in [7, 11) is 3.67. The normalized spacial score (nSPS) is 10.2. The van der Waals surface area contributed by atoms with Crippen LogP contribution >= 0.6 is 15.9 Å². The zero-order valence-electron chi connectivity index (χ0n) is 10.3. The molecule has 0 atom stereocenters. The van der Waals surface area contributed by atoms with Gasteiger partial charge in [-0.3, -0.25) is 0 Å². The maximum atomic E-state index is 5.34. The van der Waals surface area contributed by atoms with Crippen molar-refractivity contribution in [3.8, 4) is 5.75 Å². The van der Waals surface area contributed by atoms with Gasteiger partial charge in [-0.05, 0) is 22.0 Å². The van der Waals surface area contributed by atoms with Crippen LogP contribution in [0, 0.1) is 0 Å². The van der Waals surface area contributed by atoms with Gasteiger partial charge in [0.2, 0.25) is 0 Å². The van der Waals surface area contributed by atoms with E-state index in [2.05, 4.69) is 25.9 Å². The maximum absolute atomic E-state index is 5.34. The van der Waals surface area contributed by atoms with Crippen LogP contribution in [-0.4, -0.2) is 24.1 Å². The fraction of sp³-hybridized carbons (Fsp3) is 0.231. The van der Waals surface area contributed by atoms with E-state index in [0.717, 1.165) is 28.1 Å². The Kier molecular flexibility index (Phi) is 4.15. The van der Waals surface area contributed by atoms with Crippen molar-refractivity contribution in [2.24, 2.45) is 0 Å². The summed E-state index contributed by atoms with van der Waals surface area (Å²) in [4.78, 5) is 10.3. The zero-order valence-corrected chi connectivity index (χ0v) is 11.9. The molecule has 2 rings (SSSR count). The minimum Gasteiger partial charge on any atom is -0.496 e. The lowest BCUT2D eigenvalue weighted by Crippen LogP contribution is -2.18. The molecule has 18 heavy (non-hydrogen) atoms. The lowest BCUT2D eigenvalue weighted by Gasteiger charge is -2.20. The van der Waals surface area contributed by atoms with Crippen molar-refractivity contribution in [1.29, 1.82) is 0 Å². The van der Waals surface area contributed by atoms with E-state index in [-0.39, 0.29) is 0 Å². The number of rotatable bonds is 4. The topological polar surface area (TPSA) is 38.2 Å². The van der Waals surface area contributed by atoms with Crippen LogP contribution < -0.4 is 9.64 Å². The van der Waals surface area contributed by atoms with E-state index < -0.39 is 0 Å². The highest BCUT2D eigenvalue weighted by atomic mass is 79.9. The average molecular weight is 308 g/mol. The third-order valence-corrected chi connectivity index (χ3v) is 3.17. The highest BCUT2D eigenvalue weighted by Gasteiger charge is 2.10. The minimum atomic E-state index is 0.722. The first kappa shape index (κ1) is 12.8. The molecule has 0 aliphatic rings. The largest absolute Gasteiger partial charge is 0.496 e. The van der Waals surface area contributed by atoms with Crippen LogP contribution in [0.3, 0.4) is 0 Å². The van der Waals surface area contributed by atoms with Crippen LogP contribution in [0.2, 0.25) is 0 Å². The molecule has 0 aliphatic heterocycles. The molecule has 0 saturated carbocycles. The quantitative estimate of drug-likeness (QED) is 0.870. The Bertz CT molecular complexity index is 533. The molecule has 0 spiro atoms. The van der Waals surface area contributed by atoms with Gasteiger partial charge in [-0.25, -0.2) is 9.97 Å². The van der Waals surface area contributed by atoms with Gasteiger partial charge in [-0.2, -0.15) is 0 Å². The molecule has 0 aliphatic carbocycles. The van der Waals surface area contributed by atoms with Gasteiger partial charge >= 0.3 is 0 Å². The molecule has 0 N–H and O–H groups in total. The molecule has 0 amide bonds. The van der Waals surface area contributed by atoms with E-state index in [1.54, 1.807) is 19.6 Å². The third kappa shape index (κ3) is 2.79. The molecule has 94 valence electrons. The molecule has 0 bridgehead atoms. The Morgan fingerprint density at radius 1 is 1.33 bits per heavy atom. The van der Waals surface area contributed by atoms with Gasteiger partial charge in [0.25, 0.3) is 0 Å². The predicted molar refractivity (Wildman–Crippen MR) is 74.8 cm³/mol. The lowest BCUT2D eigenvalue weighted by atomic mass is 10.2. The number of para-hydroxylation sites is 1. The van der Waals surface area contributed by atoms with Gasteiger partial charge in [0.1, 0.15) is 17.9 Å². The summed E-state index contributed by atoms with van der Waals surface area (Å²) in [5.74, 6) is 1.74. The Morgan fingerprint density at radius 3 is 2.83 bits per heavy atom. The van der Waals surface area contributed by atoms with Gasteiger partial charge in [-0.15, -0.1) is 0 Å². The van der Waals surface area contributed by atoms with Gasteiger partial charge < -0.3 is 9.64 Å². The molecular formula is C13H14BrN3O. The molecule has 1 aromatic heterocycles. The van der Waals surface area contributed by atoms with E-state index in [0.29, 0.717) is 0 Å². The summed E-state index contributed by atoms with van der Waals surface area (Å²) < 4.78 is 6.22. The molecule has 4 nitrogen and oxygen atoms in total. The first-order valence-electron chi connectivity index (χ1n) is 5.51. The summed E-state index contributed by atoms with van der Waals surface area (Å²) >= 11 is 3.45. The number of hydrogen-bond donors (Lipinski definition) is 0. The van der Waals surface area contributed by atoms with Crippen LogP contribution in [0.15, 0.2) is 41.3 Å². The summed E-state index contributed by atoms with van der Waals surface area (Å²) in [6.07, 6.45) is 3.28. The number of halogens is 1. The van der Waals surface area contributed by atoms with Crippen molar-refractivity contribution < 1.29 is 4.74 Å². The van der Waals surface area contributed by atoms with Crippen LogP contribution in [0.1, 0.15) is 5.56 Å². The lowest BCUT2D eigenvalue weighted by molar-refractivity contribution is 0.409. The van der Waals surface area contributed by atoms with Crippen molar-refractivity contribution in [2.45, 2.75) is 6.54 Å². The van der Waals surface area contributed by atoms with Gasteiger partial charge in [0.05, 0.1) is 11.6 Å². The Morgan fingerprint density at radius 2 is 2.11 bits per heavy atom. The number of hydrogen-bond acceptors (Lipinski definition) is 4. The zero-order chi connectivity index (χ0) is 13.0. The number of ether oxygens (including phenoxy) is 1. The van der Waals surface area contributed by atoms with Crippen LogP contribution in [-0.2, 0) is 6.54 Å². The molecule has 1 heterocycles.